The van der Waals surface area contributed by atoms with Crippen LogP contribution in [0.3, 0.4) is 0 Å². The van der Waals surface area contributed by atoms with Gasteiger partial charge in [-0.15, -0.1) is 22.7 Å². The van der Waals surface area contributed by atoms with Crippen LogP contribution in [0, 0.1) is 13.8 Å². The number of amides is 1. The molecule has 2 aromatic heterocycles. The number of anilines is 2. The van der Waals surface area contributed by atoms with Gasteiger partial charge in [0.05, 0.1) is 27.6 Å². The van der Waals surface area contributed by atoms with E-state index >= 15 is 0 Å². The SMILES string of the molecule is CC.CCC1=C(Nc2ccc(OC)c(C)c2)SC(c2nc(-c3cccc(NC(=O)c4ccc(C)s4)c3)cs2)=C(N)C1. The zero-order chi connectivity index (χ0) is 29.5. The molecule has 0 spiro atoms. The molecule has 214 valence electrons. The molecule has 0 fully saturated rings. The molecule has 1 amide bonds. The normalized spacial score (nSPS) is 13.0. The molecule has 0 unspecified atom stereocenters. The molecule has 0 atom stereocenters. The predicted molar refractivity (Wildman–Crippen MR) is 178 cm³/mol. The Labute approximate surface area is 254 Å². The Morgan fingerprint density at radius 3 is 2.56 bits per heavy atom. The minimum absolute atomic E-state index is 0.105. The number of aryl methyl sites for hydroxylation is 2. The fourth-order valence-corrected chi connectivity index (χ4v) is 7.22. The highest BCUT2D eigenvalue weighted by Gasteiger charge is 2.23. The first kappa shape index (κ1) is 30.4. The number of thiophene rings is 1. The quantitative estimate of drug-likeness (QED) is 0.186. The van der Waals surface area contributed by atoms with Crippen molar-refractivity contribution in [1.82, 2.24) is 4.98 Å². The molecule has 1 aliphatic heterocycles. The van der Waals surface area contributed by atoms with Crippen LogP contribution in [0.5, 0.6) is 5.75 Å². The fraction of sp³-hybridized carbons (Fsp3) is 0.250. The van der Waals surface area contributed by atoms with E-state index in [1.165, 1.54) is 16.9 Å². The van der Waals surface area contributed by atoms with Gasteiger partial charge in [-0.05, 0) is 73.9 Å². The summed E-state index contributed by atoms with van der Waals surface area (Å²) in [5.41, 5.74) is 13.3. The van der Waals surface area contributed by atoms with Gasteiger partial charge in [0.25, 0.3) is 5.91 Å². The molecule has 0 saturated heterocycles. The summed E-state index contributed by atoms with van der Waals surface area (Å²) in [6.07, 6.45) is 1.61. The average Bonchev–Trinajstić information content (AvgIpc) is 3.65. The topological polar surface area (TPSA) is 89.3 Å². The lowest BCUT2D eigenvalue weighted by Gasteiger charge is -2.23. The minimum atomic E-state index is -0.105. The summed E-state index contributed by atoms with van der Waals surface area (Å²) in [4.78, 5) is 20.4. The van der Waals surface area contributed by atoms with E-state index in [0.29, 0.717) is 11.3 Å². The number of thioether (sulfide) groups is 1. The first-order valence-electron chi connectivity index (χ1n) is 13.6. The van der Waals surface area contributed by atoms with Gasteiger partial charge in [0, 0.05) is 39.3 Å². The van der Waals surface area contributed by atoms with E-state index in [-0.39, 0.29) is 5.91 Å². The van der Waals surface area contributed by atoms with Crippen molar-refractivity contribution < 1.29 is 9.53 Å². The molecule has 3 heterocycles. The molecule has 4 N–H and O–H groups in total. The smallest absolute Gasteiger partial charge is 0.265 e. The number of carbonyl (C=O) groups excluding carboxylic acids is 1. The molecular weight excluding hydrogens is 569 g/mol. The van der Waals surface area contributed by atoms with Crippen LogP contribution in [0.1, 0.15) is 58.7 Å². The highest BCUT2D eigenvalue weighted by Crippen LogP contribution is 2.45. The second kappa shape index (κ2) is 13.9. The maximum atomic E-state index is 12.6. The van der Waals surface area contributed by atoms with E-state index in [1.807, 2.05) is 81.6 Å². The van der Waals surface area contributed by atoms with Gasteiger partial charge >= 0.3 is 0 Å². The molecule has 9 heteroatoms. The molecule has 1 aliphatic rings. The van der Waals surface area contributed by atoms with Crippen LogP contribution in [0.4, 0.5) is 11.4 Å². The van der Waals surface area contributed by atoms with E-state index in [0.717, 1.165) is 65.9 Å². The van der Waals surface area contributed by atoms with Crippen molar-refractivity contribution in [2.24, 2.45) is 5.73 Å². The van der Waals surface area contributed by atoms with Crippen molar-refractivity contribution >= 4 is 56.6 Å². The Morgan fingerprint density at radius 2 is 1.88 bits per heavy atom. The number of carbonyl (C=O) groups is 1. The van der Waals surface area contributed by atoms with Gasteiger partial charge in [-0.2, -0.15) is 0 Å². The average molecular weight is 605 g/mol. The van der Waals surface area contributed by atoms with Gasteiger partial charge in [0.1, 0.15) is 10.8 Å². The van der Waals surface area contributed by atoms with Gasteiger partial charge < -0.3 is 21.1 Å². The Bertz CT molecular complexity index is 1600. The number of nitrogens with one attached hydrogen (secondary N) is 2. The molecule has 0 bridgehead atoms. The van der Waals surface area contributed by atoms with Crippen molar-refractivity contribution in [1.29, 1.82) is 0 Å². The van der Waals surface area contributed by atoms with Crippen molar-refractivity contribution in [3.05, 3.63) is 96.6 Å². The van der Waals surface area contributed by atoms with Crippen LogP contribution >= 0.6 is 34.4 Å². The Hall–Kier alpha value is -3.53. The number of hydrogen-bond donors (Lipinski definition) is 3. The number of aromatic nitrogens is 1. The first-order chi connectivity index (χ1) is 19.8. The molecule has 0 aliphatic carbocycles. The molecule has 2 aromatic carbocycles. The summed E-state index contributed by atoms with van der Waals surface area (Å²) in [6.45, 7) is 10.2. The highest BCUT2D eigenvalue weighted by atomic mass is 32.2. The second-order valence-corrected chi connectivity index (χ2v) is 12.4. The number of benzene rings is 2. The largest absolute Gasteiger partial charge is 0.496 e. The summed E-state index contributed by atoms with van der Waals surface area (Å²) >= 11 is 4.70. The summed E-state index contributed by atoms with van der Waals surface area (Å²) in [5.74, 6) is 0.762. The summed E-state index contributed by atoms with van der Waals surface area (Å²) in [7, 11) is 1.68. The maximum Gasteiger partial charge on any atom is 0.265 e. The third-order valence-corrected chi connectivity index (χ3v) is 9.62. The molecule has 0 radical (unpaired) electrons. The lowest BCUT2D eigenvalue weighted by atomic mass is 10.1. The highest BCUT2D eigenvalue weighted by molar-refractivity contribution is 8.12. The van der Waals surface area contributed by atoms with Crippen molar-refractivity contribution in [2.45, 2.75) is 47.5 Å². The van der Waals surface area contributed by atoms with E-state index in [4.69, 9.17) is 15.5 Å². The van der Waals surface area contributed by atoms with Gasteiger partial charge in [-0.1, -0.05) is 44.7 Å². The van der Waals surface area contributed by atoms with Crippen LogP contribution in [0.15, 0.2) is 76.3 Å². The van der Waals surface area contributed by atoms with Gasteiger partial charge in [-0.25, -0.2) is 4.98 Å². The third kappa shape index (κ3) is 7.22. The zero-order valence-corrected chi connectivity index (χ0v) is 26.7. The number of ether oxygens (including phenoxy) is 1. The molecule has 41 heavy (non-hydrogen) atoms. The van der Waals surface area contributed by atoms with Crippen LogP contribution < -0.4 is 21.1 Å². The zero-order valence-electron chi connectivity index (χ0n) is 24.3. The second-order valence-electron chi connectivity index (χ2n) is 9.21. The lowest BCUT2D eigenvalue weighted by Crippen LogP contribution is -2.12. The summed E-state index contributed by atoms with van der Waals surface area (Å²) in [5, 5.41) is 10.6. The van der Waals surface area contributed by atoms with Crippen molar-refractivity contribution in [2.75, 3.05) is 17.7 Å². The van der Waals surface area contributed by atoms with E-state index in [9.17, 15) is 4.79 Å². The Balaban J connectivity index is 0.00000189. The number of nitrogens with zero attached hydrogens (tertiary/aromatic N) is 1. The van der Waals surface area contributed by atoms with Crippen molar-refractivity contribution in [3.8, 4) is 17.0 Å². The lowest BCUT2D eigenvalue weighted by molar-refractivity contribution is 0.103. The van der Waals surface area contributed by atoms with E-state index in [2.05, 4.69) is 23.6 Å². The minimum Gasteiger partial charge on any atom is -0.496 e. The van der Waals surface area contributed by atoms with Crippen LogP contribution in [0.2, 0.25) is 0 Å². The molecule has 4 aromatic rings. The maximum absolute atomic E-state index is 12.6. The van der Waals surface area contributed by atoms with Crippen molar-refractivity contribution in [3.63, 3.8) is 0 Å². The van der Waals surface area contributed by atoms with E-state index < -0.39 is 0 Å². The Kier molecular flexibility index (Phi) is 10.3. The molecule has 5 rings (SSSR count). The van der Waals surface area contributed by atoms with Crippen LogP contribution in [0.25, 0.3) is 16.2 Å². The number of methoxy groups -OCH3 is 1. The van der Waals surface area contributed by atoms with Gasteiger partial charge in [0.2, 0.25) is 0 Å². The number of allylic oxidation sites excluding steroid dienone is 1. The fourth-order valence-electron chi connectivity index (χ4n) is 4.31. The number of hydrogen-bond acceptors (Lipinski definition) is 8. The number of rotatable bonds is 8. The molecule has 0 saturated carbocycles. The molecule has 6 nitrogen and oxygen atoms in total. The van der Waals surface area contributed by atoms with Gasteiger partial charge in [-0.3, -0.25) is 4.79 Å². The standard InChI is InChI=1S/C30H30N4O2S3.C2H6/c1-5-19-15-23(31)27(39-29(19)33-22-10-11-25(36-4)17(2)13-22)30-34-24(16-37-30)20-7-6-8-21(14-20)32-28(35)26-12-9-18(3)38-26;1-2/h6-14,16,33H,5,15,31H2,1-4H3,(H,32,35);1-2H3. The van der Waals surface area contributed by atoms with E-state index in [1.54, 1.807) is 30.2 Å². The number of nitrogens with two attached hydrogens (primary N) is 1. The van der Waals surface area contributed by atoms with Gasteiger partial charge in [0.15, 0.2) is 0 Å². The molecular formula is C32H36N4O2S3. The Morgan fingerprint density at radius 1 is 1.07 bits per heavy atom. The summed E-state index contributed by atoms with van der Waals surface area (Å²) < 4.78 is 5.41. The third-order valence-electron chi connectivity index (χ3n) is 6.38. The summed E-state index contributed by atoms with van der Waals surface area (Å²) in [6, 6.07) is 17.7. The first-order valence-corrected chi connectivity index (χ1v) is 16.1. The predicted octanol–water partition coefficient (Wildman–Crippen LogP) is 9.27. The number of thiazole rings is 1. The van der Waals surface area contributed by atoms with Crippen LogP contribution in [-0.4, -0.2) is 18.0 Å². The van der Waals surface area contributed by atoms with Crippen LogP contribution in [-0.2, 0) is 0 Å². The monoisotopic (exact) mass is 604 g/mol.